The van der Waals surface area contributed by atoms with Crippen molar-refractivity contribution < 1.29 is 33.7 Å². The van der Waals surface area contributed by atoms with E-state index in [1.807, 2.05) is 31.2 Å². The Kier molecular flexibility index (Phi) is 11.0. The lowest BCUT2D eigenvalue weighted by molar-refractivity contribution is -0.148. The lowest BCUT2D eigenvalue weighted by Gasteiger charge is -2.37. The van der Waals surface area contributed by atoms with Crippen LogP contribution >= 0.6 is 0 Å². The van der Waals surface area contributed by atoms with E-state index >= 15 is 0 Å². The number of morpholine rings is 1. The molecule has 246 valence electrons. The molecule has 0 radical (unpaired) electrons. The number of fused-ring (bicyclic) bond motifs is 1. The first-order valence-electron chi connectivity index (χ1n) is 16.3. The molecule has 1 aromatic carbocycles. The minimum atomic E-state index is -1.09. The highest BCUT2D eigenvalue weighted by atomic mass is 16.5. The van der Waals surface area contributed by atoms with E-state index in [1.165, 1.54) is 0 Å². The van der Waals surface area contributed by atoms with Crippen LogP contribution in [0.15, 0.2) is 49.6 Å². The zero-order valence-electron chi connectivity index (χ0n) is 26.5. The van der Waals surface area contributed by atoms with Gasteiger partial charge in [0.1, 0.15) is 17.4 Å². The number of benzene rings is 1. The topological polar surface area (TPSA) is 112 Å². The molecule has 4 heterocycles. The van der Waals surface area contributed by atoms with Crippen molar-refractivity contribution in [3.05, 3.63) is 49.6 Å². The Morgan fingerprint density at radius 3 is 2.49 bits per heavy atom. The highest BCUT2D eigenvalue weighted by Gasteiger charge is 2.74. The Morgan fingerprint density at radius 2 is 1.82 bits per heavy atom. The van der Waals surface area contributed by atoms with Gasteiger partial charge in [0.05, 0.1) is 37.8 Å². The summed E-state index contributed by atoms with van der Waals surface area (Å²) in [6.45, 7) is 15.2. The van der Waals surface area contributed by atoms with Crippen molar-refractivity contribution >= 4 is 23.4 Å². The summed E-state index contributed by atoms with van der Waals surface area (Å²) in [5.74, 6) is -1.39. The van der Waals surface area contributed by atoms with Crippen molar-refractivity contribution in [2.45, 2.75) is 50.4 Å². The van der Waals surface area contributed by atoms with E-state index in [1.54, 1.807) is 26.9 Å². The number of nitrogens with zero attached hydrogens (tertiary/aromatic N) is 4. The van der Waals surface area contributed by atoms with E-state index in [9.17, 15) is 19.5 Å². The molecule has 0 saturated carbocycles. The fourth-order valence-electron chi connectivity index (χ4n) is 7.58. The first-order chi connectivity index (χ1) is 21.9. The maximum Gasteiger partial charge on any atom is 0.248 e. The number of hydrogen-bond donors (Lipinski definition) is 1. The molecule has 4 saturated heterocycles. The Balaban J connectivity index is 1.44. The molecule has 4 aliphatic heterocycles. The van der Waals surface area contributed by atoms with Gasteiger partial charge in [0.15, 0.2) is 0 Å². The minimum Gasteiger partial charge on any atom is -0.494 e. The van der Waals surface area contributed by atoms with Crippen molar-refractivity contribution in [1.29, 1.82) is 0 Å². The van der Waals surface area contributed by atoms with Crippen LogP contribution in [-0.2, 0) is 23.9 Å². The standard InChI is InChI=1S/C34H48N4O7/c1-4-15-36(19-18-35-20-23-43-24-21-35)33(42)30-34-14-13-27(45-34)28(29(34)32(41)38(30)17-7-8-22-39)31(40)37(16-5-2)25-9-11-26(12-10-25)44-6-3/h4-5,9-12,27-30,39H,1-2,6-8,13-24H2,3H3/t27-,28+,29-,30?,34?/m0/s1. The third-order valence-corrected chi connectivity index (χ3v) is 9.61. The van der Waals surface area contributed by atoms with E-state index in [0.717, 1.165) is 13.1 Å². The molecular formula is C34H48N4O7. The zero-order valence-corrected chi connectivity index (χ0v) is 26.5. The number of aliphatic hydroxyl groups excluding tert-OH is 1. The molecule has 11 heteroatoms. The van der Waals surface area contributed by atoms with E-state index in [0.29, 0.717) is 83.1 Å². The largest absolute Gasteiger partial charge is 0.494 e. The average Bonchev–Trinajstić information content (AvgIpc) is 3.70. The molecule has 4 aliphatic rings. The van der Waals surface area contributed by atoms with Gasteiger partial charge in [-0.05, 0) is 56.9 Å². The summed E-state index contributed by atoms with van der Waals surface area (Å²) in [5, 5.41) is 9.49. The average molecular weight is 625 g/mol. The van der Waals surface area contributed by atoms with Crippen molar-refractivity contribution in [2.75, 3.05) is 77.1 Å². The molecule has 0 aromatic heterocycles. The van der Waals surface area contributed by atoms with Crippen molar-refractivity contribution in [2.24, 2.45) is 11.8 Å². The summed E-state index contributed by atoms with van der Waals surface area (Å²) in [7, 11) is 0. The monoisotopic (exact) mass is 624 g/mol. The number of aliphatic hydroxyl groups is 1. The number of unbranched alkanes of at least 4 members (excludes halogenated alkanes) is 1. The molecule has 3 amide bonds. The van der Waals surface area contributed by atoms with Crippen LogP contribution in [0.3, 0.4) is 0 Å². The lowest BCUT2D eigenvalue weighted by atomic mass is 9.70. The van der Waals surface area contributed by atoms with Crippen molar-refractivity contribution in [3.8, 4) is 5.75 Å². The number of likely N-dealkylation sites (tertiary alicyclic amines) is 1. The van der Waals surface area contributed by atoms with Crippen molar-refractivity contribution in [3.63, 3.8) is 0 Å². The van der Waals surface area contributed by atoms with Gasteiger partial charge in [0, 0.05) is 58.1 Å². The van der Waals surface area contributed by atoms with E-state index < -0.39 is 29.6 Å². The Morgan fingerprint density at radius 1 is 1.09 bits per heavy atom. The van der Waals surface area contributed by atoms with Gasteiger partial charge in [-0.25, -0.2) is 0 Å². The van der Waals surface area contributed by atoms with Crippen LogP contribution < -0.4 is 9.64 Å². The Hall–Kier alpha value is -3.25. The molecule has 1 spiro atoms. The number of anilines is 1. The van der Waals surface area contributed by atoms with E-state index in [4.69, 9.17) is 14.2 Å². The van der Waals surface area contributed by atoms with Crippen molar-refractivity contribution in [1.82, 2.24) is 14.7 Å². The quantitative estimate of drug-likeness (QED) is 0.220. The molecule has 2 unspecified atom stereocenters. The molecule has 45 heavy (non-hydrogen) atoms. The fourth-order valence-corrected chi connectivity index (χ4v) is 7.58. The van der Waals surface area contributed by atoms with E-state index in [-0.39, 0.29) is 30.9 Å². The van der Waals surface area contributed by atoms with Crippen LogP contribution in [0.2, 0.25) is 0 Å². The van der Waals surface area contributed by atoms with Gasteiger partial charge in [0.2, 0.25) is 17.7 Å². The van der Waals surface area contributed by atoms with Gasteiger partial charge in [-0.2, -0.15) is 0 Å². The maximum atomic E-state index is 14.5. The van der Waals surface area contributed by atoms with Crippen LogP contribution in [0.5, 0.6) is 5.75 Å². The molecule has 2 bridgehead atoms. The summed E-state index contributed by atoms with van der Waals surface area (Å²) >= 11 is 0. The molecule has 5 atom stereocenters. The summed E-state index contributed by atoms with van der Waals surface area (Å²) in [6.07, 6.45) is 5.09. The first kappa shape index (κ1) is 33.1. The summed E-state index contributed by atoms with van der Waals surface area (Å²) in [6, 6.07) is 6.47. The predicted molar refractivity (Wildman–Crippen MR) is 170 cm³/mol. The fraction of sp³-hybridized carbons (Fsp3) is 0.618. The number of rotatable bonds is 16. The van der Waals surface area contributed by atoms with Crippen LogP contribution in [0.4, 0.5) is 5.69 Å². The first-order valence-corrected chi connectivity index (χ1v) is 16.3. The molecule has 5 rings (SSSR count). The van der Waals surface area contributed by atoms with Gasteiger partial charge in [0.25, 0.3) is 0 Å². The number of hydrogen-bond acceptors (Lipinski definition) is 8. The van der Waals surface area contributed by atoms with Gasteiger partial charge in [-0.3, -0.25) is 19.3 Å². The van der Waals surface area contributed by atoms with Crippen LogP contribution in [0.1, 0.15) is 32.6 Å². The lowest BCUT2D eigenvalue weighted by Crippen LogP contribution is -2.57. The molecular weight excluding hydrogens is 576 g/mol. The highest BCUT2D eigenvalue weighted by Crippen LogP contribution is 2.59. The molecule has 1 N–H and O–H groups in total. The highest BCUT2D eigenvalue weighted by molar-refractivity contribution is 6.03. The number of amides is 3. The minimum absolute atomic E-state index is 0.00433. The second-order valence-corrected chi connectivity index (χ2v) is 12.2. The summed E-state index contributed by atoms with van der Waals surface area (Å²) in [4.78, 5) is 50.7. The Bertz CT molecular complexity index is 1220. The second-order valence-electron chi connectivity index (χ2n) is 12.2. The number of carbonyl (C=O) groups is 3. The molecule has 4 fully saturated rings. The SMILES string of the molecule is C=CCN(CCN1CCOCC1)C(=O)C1N(CCCCO)C(=O)[C@@H]2[C@H](C(=O)N(CC=C)c3ccc(OCC)cc3)[C@@H]3CCC12O3. The summed E-state index contributed by atoms with van der Waals surface area (Å²) in [5.41, 5.74) is -0.409. The van der Waals surface area contributed by atoms with E-state index in [2.05, 4.69) is 18.1 Å². The third kappa shape index (κ3) is 6.54. The molecule has 0 aliphatic carbocycles. The van der Waals surface area contributed by atoms with Gasteiger partial charge in [-0.15, -0.1) is 13.2 Å². The van der Waals surface area contributed by atoms with Crippen LogP contribution in [-0.4, -0.2) is 128 Å². The Labute approximate surface area is 266 Å². The number of ether oxygens (including phenoxy) is 3. The molecule has 1 aromatic rings. The van der Waals surface area contributed by atoms with Gasteiger partial charge >= 0.3 is 0 Å². The third-order valence-electron chi connectivity index (χ3n) is 9.61. The van der Waals surface area contributed by atoms with Gasteiger partial charge < -0.3 is 34.0 Å². The second kappa shape index (κ2) is 14.9. The summed E-state index contributed by atoms with van der Waals surface area (Å²) < 4.78 is 17.8. The van der Waals surface area contributed by atoms with Crippen LogP contribution in [0, 0.1) is 11.8 Å². The molecule has 11 nitrogen and oxygen atoms in total. The number of carbonyl (C=O) groups excluding carboxylic acids is 3. The smallest absolute Gasteiger partial charge is 0.248 e. The zero-order chi connectivity index (χ0) is 32.0. The normalized spacial score (nSPS) is 27.3. The maximum absolute atomic E-state index is 14.5. The predicted octanol–water partition coefficient (Wildman–Crippen LogP) is 2.10. The van der Waals surface area contributed by atoms with Crippen LogP contribution in [0.25, 0.3) is 0 Å². The van der Waals surface area contributed by atoms with Gasteiger partial charge in [-0.1, -0.05) is 12.2 Å².